The summed E-state index contributed by atoms with van der Waals surface area (Å²) in [6.45, 7) is 2.21. The van der Waals surface area contributed by atoms with E-state index in [1.54, 1.807) is 11.3 Å². The fourth-order valence-corrected chi connectivity index (χ4v) is 4.34. The molecule has 0 aliphatic rings. The lowest BCUT2D eigenvalue weighted by atomic mass is 10.1. The van der Waals surface area contributed by atoms with Crippen molar-refractivity contribution in [3.63, 3.8) is 0 Å². The molecule has 0 saturated carbocycles. The van der Waals surface area contributed by atoms with Gasteiger partial charge in [0.05, 0.1) is 0 Å². The van der Waals surface area contributed by atoms with Crippen LogP contribution in [0.15, 0.2) is 26.9 Å². The minimum atomic E-state index is 1.09. The topological polar surface area (TPSA) is 0 Å². The summed E-state index contributed by atoms with van der Waals surface area (Å²) in [4.78, 5) is 1.40. The maximum atomic E-state index is 3.71. The molecule has 0 bridgehead atoms. The Bertz CT molecular complexity index is 460. The Morgan fingerprint density at radius 2 is 2.29 bits per heavy atom. The largest absolute Gasteiger partial charge is 0.144 e. The average molecular weight is 287 g/mol. The van der Waals surface area contributed by atoms with Crippen molar-refractivity contribution in [1.82, 2.24) is 0 Å². The van der Waals surface area contributed by atoms with Crippen molar-refractivity contribution in [2.75, 3.05) is 6.26 Å². The van der Waals surface area contributed by atoms with Gasteiger partial charge in [-0.2, -0.15) is 0 Å². The predicted octanol–water partition coefficient (Wildman–Crippen LogP) is 4.95. The van der Waals surface area contributed by atoms with Gasteiger partial charge in [-0.15, -0.1) is 23.1 Å². The van der Waals surface area contributed by atoms with Gasteiger partial charge in [0.15, 0.2) is 0 Å². The molecule has 0 fully saturated rings. The minimum absolute atomic E-state index is 1.09. The smallest absolute Gasteiger partial charge is 0.0365 e. The molecular weight excluding hydrogens is 276 g/mol. The lowest BCUT2D eigenvalue weighted by molar-refractivity contribution is 1.08. The van der Waals surface area contributed by atoms with Crippen molar-refractivity contribution in [2.45, 2.75) is 18.2 Å². The van der Waals surface area contributed by atoms with E-state index in [4.69, 9.17) is 0 Å². The van der Waals surface area contributed by atoms with Crippen LogP contribution in [0.25, 0.3) is 10.1 Å². The van der Waals surface area contributed by atoms with Gasteiger partial charge in [-0.05, 0) is 51.7 Å². The third kappa shape index (κ3) is 1.62. The molecule has 0 aliphatic carbocycles. The van der Waals surface area contributed by atoms with E-state index in [0.717, 1.165) is 6.42 Å². The molecule has 0 unspecified atom stereocenters. The van der Waals surface area contributed by atoms with Gasteiger partial charge in [-0.3, -0.25) is 0 Å². The second-order valence-corrected chi connectivity index (χ2v) is 5.65. The van der Waals surface area contributed by atoms with E-state index >= 15 is 0 Å². The summed E-state index contributed by atoms with van der Waals surface area (Å²) in [5.74, 6) is 0. The highest BCUT2D eigenvalue weighted by Crippen LogP contribution is 2.37. The molecule has 1 heterocycles. The number of fused-ring (bicyclic) bond motifs is 1. The highest BCUT2D eigenvalue weighted by Gasteiger charge is 2.09. The third-order valence-electron chi connectivity index (χ3n) is 2.33. The van der Waals surface area contributed by atoms with Crippen LogP contribution in [0.3, 0.4) is 0 Å². The summed E-state index contributed by atoms with van der Waals surface area (Å²) in [5.41, 5.74) is 1.43. The molecule has 1 aromatic carbocycles. The summed E-state index contributed by atoms with van der Waals surface area (Å²) in [7, 11) is 0. The molecule has 1 aromatic heterocycles. The number of halogens is 1. The van der Waals surface area contributed by atoms with Gasteiger partial charge < -0.3 is 0 Å². The van der Waals surface area contributed by atoms with E-state index < -0.39 is 0 Å². The molecule has 3 heteroatoms. The first kappa shape index (κ1) is 10.5. The number of thioether (sulfide) groups is 1. The monoisotopic (exact) mass is 286 g/mol. The van der Waals surface area contributed by atoms with Gasteiger partial charge in [0, 0.05) is 19.5 Å². The lowest BCUT2D eigenvalue weighted by Gasteiger charge is -2.08. The zero-order valence-corrected chi connectivity index (χ0v) is 11.4. The van der Waals surface area contributed by atoms with E-state index in [0.29, 0.717) is 0 Å². The van der Waals surface area contributed by atoms with Crippen molar-refractivity contribution in [3.8, 4) is 0 Å². The Morgan fingerprint density at radius 3 is 2.93 bits per heavy atom. The second kappa shape index (κ2) is 4.25. The van der Waals surface area contributed by atoms with Gasteiger partial charge >= 0.3 is 0 Å². The summed E-state index contributed by atoms with van der Waals surface area (Å²) in [6, 6.07) is 4.49. The first-order valence-electron chi connectivity index (χ1n) is 4.50. The zero-order chi connectivity index (χ0) is 10.1. The summed E-state index contributed by atoms with van der Waals surface area (Å²) in [5, 5.41) is 3.50. The maximum absolute atomic E-state index is 3.71. The van der Waals surface area contributed by atoms with Crippen LogP contribution in [0.4, 0.5) is 0 Å². The fraction of sp³-hybridized carbons (Fsp3) is 0.273. The van der Waals surface area contributed by atoms with E-state index in [9.17, 15) is 0 Å². The van der Waals surface area contributed by atoms with Gasteiger partial charge in [-0.25, -0.2) is 0 Å². The molecule has 0 radical (unpaired) electrons. The Hall–Kier alpha value is 0.01000. The summed E-state index contributed by atoms with van der Waals surface area (Å²) >= 11 is 7.34. The van der Waals surface area contributed by atoms with Crippen LogP contribution >= 0.6 is 39.0 Å². The van der Waals surface area contributed by atoms with Crippen LogP contribution in [0.5, 0.6) is 0 Å². The van der Waals surface area contributed by atoms with Crippen molar-refractivity contribution in [2.24, 2.45) is 0 Å². The van der Waals surface area contributed by atoms with E-state index in [1.807, 2.05) is 11.8 Å². The molecule has 0 saturated heterocycles. The molecule has 0 amide bonds. The number of thiophene rings is 1. The number of hydrogen-bond acceptors (Lipinski definition) is 2. The molecule has 0 N–H and O–H groups in total. The van der Waals surface area contributed by atoms with Crippen molar-refractivity contribution in [3.05, 3.63) is 27.5 Å². The first-order valence-corrected chi connectivity index (χ1v) is 7.40. The van der Waals surface area contributed by atoms with Crippen molar-refractivity contribution >= 4 is 49.1 Å². The number of rotatable bonds is 2. The Balaban J connectivity index is 2.79. The highest BCUT2D eigenvalue weighted by molar-refractivity contribution is 9.10. The van der Waals surface area contributed by atoms with E-state index in [2.05, 4.69) is 46.6 Å². The van der Waals surface area contributed by atoms with Gasteiger partial charge in [-0.1, -0.05) is 6.92 Å². The predicted molar refractivity (Wildman–Crippen MR) is 70.7 cm³/mol. The van der Waals surface area contributed by atoms with Gasteiger partial charge in [0.25, 0.3) is 0 Å². The maximum Gasteiger partial charge on any atom is 0.0365 e. The Morgan fingerprint density at radius 1 is 1.50 bits per heavy atom. The fourth-order valence-electron chi connectivity index (χ4n) is 1.60. The lowest BCUT2D eigenvalue weighted by Crippen LogP contribution is -1.87. The van der Waals surface area contributed by atoms with Crippen LogP contribution in [-0.2, 0) is 6.42 Å². The van der Waals surface area contributed by atoms with Crippen LogP contribution in [0, 0.1) is 0 Å². The molecule has 2 rings (SSSR count). The van der Waals surface area contributed by atoms with Crippen LogP contribution in [0.2, 0.25) is 0 Å². The Kier molecular flexibility index (Phi) is 3.20. The SMILES string of the molecule is CCc1c(SC)cc2sccc2c1Br. The number of hydrogen-bond donors (Lipinski definition) is 0. The van der Waals surface area contributed by atoms with Crippen LogP contribution in [-0.4, -0.2) is 6.26 Å². The minimum Gasteiger partial charge on any atom is -0.144 e. The zero-order valence-electron chi connectivity index (χ0n) is 8.13. The van der Waals surface area contributed by atoms with Gasteiger partial charge in [0.1, 0.15) is 0 Å². The molecular formula is C11H11BrS2. The standard InChI is InChI=1S/C11H11BrS2/c1-3-7-9(13-2)6-10-8(11(7)12)4-5-14-10/h4-6H,3H2,1-2H3. The quantitative estimate of drug-likeness (QED) is 0.704. The van der Waals surface area contributed by atoms with Crippen molar-refractivity contribution in [1.29, 1.82) is 0 Å². The van der Waals surface area contributed by atoms with Crippen LogP contribution < -0.4 is 0 Å². The van der Waals surface area contributed by atoms with E-state index in [-0.39, 0.29) is 0 Å². The Labute approximate surface area is 101 Å². The molecule has 74 valence electrons. The number of benzene rings is 1. The molecule has 0 atom stereocenters. The van der Waals surface area contributed by atoms with Gasteiger partial charge in [0.2, 0.25) is 0 Å². The summed E-state index contributed by atoms with van der Waals surface area (Å²) < 4.78 is 2.65. The molecule has 14 heavy (non-hydrogen) atoms. The highest BCUT2D eigenvalue weighted by atomic mass is 79.9. The molecule has 0 spiro atoms. The van der Waals surface area contributed by atoms with Crippen LogP contribution in [0.1, 0.15) is 12.5 Å². The second-order valence-electron chi connectivity index (χ2n) is 3.06. The average Bonchev–Trinajstić information content (AvgIpc) is 2.65. The molecule has 2 aromatic rings. The van der Waals surface area contributed by atoms with Crippen molar-refractivity contribution < 1.29 is 0 Å². The third-order valence-corrected chi connectivity index (χ3v) is 4.90. The molecule has 0 aliphatic heterocycles. The first-order chi connectivity index (χ1) is 6.77. The summed E-state index contributed by atoms with van der Waals surface area (Å²) in [6.07, 6.45) is 3.23. The van der Waals surface area contributed by atoms with E-state index in [1.165, 1.54) is 25.0 Å². The molecule has 0 nitrogen and oxygen atoms in total. The normalized spacial score (nSPS) is 11.1.